The van der Waals surface area contributed by atoms with E-state index in [1.165, 1.54) is 16.7 Å². The molecule has 4 aliphatic rings. The number of hydrogen-bond acceptors (Lipinski definition) is 10. The summed E-state index contributed by atoms with van der Waals surface area (Å²) in [5.41, 5.74) is 4.94. The van der Waals surface area contributed by atoms with Gasteiger partial charge in [0, 0.05) is 38.6 Å². The summed E-state index contributed by atoms with van der Waals surface area (Å²) in [4.78, 5) is 110. The maximum absolute atomic E-state index is 14.1. The van der Waals surface area contributed by atoms with Crippen molar-refractivity contribution >= 4 is 47.3 Å². The molecule has 0 radical (unpaired) electrons. The van der Waals surface area contributed by atoms with E-state index in [1.54, 1.807) is 37.7 Å². The van der Waals surface area contributed by atoms with Gasteiger partial charge in [-0.15, -0.1) is 0 Å². The lowest BCUT2D eigenvalue weighted by Gasteiger charge is -2.32. The first-order chi connectivity index (χ1) is 34.8. The molecule has 2 saturated heterocycles. The molecule has 394 valence electrons. The molecule has 2 aliphatic heterocycles. The minimum Gasteiger partial charge on any atom is -0.356 e. The van der Waals surface area contributed by atoms with Gasteiger partial charge >= 0.3 is 0 Å². The van der Waals surface area contributed by atoms with E-state index < -0.39 is 48.1 Å². The highest BCUT2D eigenvalue weighted by molar-refractivity contribution is 5.97. The Kier molecular flexibility index (Phi) is 21.4. The minimum absolute atomic E-state index is 0.114. The van der Waals surface area contributed by atoms with Crippen LogP contribution in [0.1, 0.15) is 144 Å². The highest BCUT2D eigenvalue weighted by atomic mass is 16.2. The Labute approximate surface area is 425 Å². The number of nitrogens with one attached hydrogen (secondary N) is 8. The Morgan fingerprint density at radius 2 is 1.06 bits per heavy atom. The topological polar surface area (TPSA) is 239 Å². The monoisotopic (exact) mass is 997 g/mol. The fourth-order valence-corrected chi connectivity index (χ4v) is 10.6. The minimum atomic E-state index is -0.862. The van der Waals surface area contributed by atoms with Crippen LogP contribution in [0, 0.1) is 0 Å². The zero-order chi connectivity index (χ0) is 51.6. The molecule has 72 heavy (non-hydrogen) atoms. The molecule has 2 aromatic carbocycles. The third kappa shape index (κ3) is 15.3. The van der Waals surface area contributed by atoms with Gasteiger partial charge < -0.3 is 52.3 Å². The average Bonchev–Trinajstić information content (AvgIpc) is 4.10. The van der Waals surface area contributed by atoms with E-state index in [-0.39, 0.29) is 66.9 Å². The van der Waals surface area contributed by atoms with Gasteiger partial charge in [0.15, 0.2) is 0 Å². The molecule has 0 bridgehead atoms. The van der Waals surface area contributed by atoms with E-state index in [0.717, 1.165) is 44.1 Å². The normalized spacial score (nSPS) is 20.9. The van der Waals surface area contributed by atoms with Crippen LogP contribution in [0.3, 0.4) is 0 Å². The summed E-state index contributed by atoms with van der Waals surface area (Å²) in [6, 6.07) is 12.3. The zero-order valence-corrected chi connectivity index (χ0v) is 43.0. The lowest BCUT2D eigenvalue weighted by Crippen LogP contribution is -2.55. The van der Waals surface area contributed by atoms with Crippen LogP contribution in [0.4, 0.5) is 0 Å². The summed E-state index contributed by atoms with van der Waals surface area (Å²) < 4.78 is 0. The molecule has 0 spiro atoms. The quantitative estimate of drug-likeness (QED) is 0.0535. The van der Waals surface area contributed by atoms with Gasteiger partial charge in [0.05, 0.1) is 18.1 Å². The van der Waals surface area contributed by atoms with E-state index in [2.05, 4.69) is 66.8 Å². The number of rotatable bonds is 25. The third-order valence-corrected chi connectivity index (χ3v) is 15.1. The van der Waals surface area contributed by atoms with Crippen molar-refractivity contribution in [2.45, 2.75) is 171 Å². The number of likely N-dealkylation sites (tertiary alicyclic amines) is 2. The predicted molar refractivity (Wildman–Crippen MR) is 274 cm³/mol. The molecule has 2 aliphatic carbocycles. The largest absolute Gasteiger partial charge is 0.356 e. The van der Waals surface area contributed by atoms with Crippen LogP contribution in [0.15, 0.2) is 48.5 Å². The summed E-state index contributed by atoms with van der Waals surface area (Å²) in [6.45, 7) is 5.26. The van der Waals surface area contributed by atoms with Gasteiger partial charge in [-0.1, -0.05) is 48.5 Å². The maximum atomic E-state index is 14.1. The van der Waals surface area contributed by atoms with Crippen LogP contribution in [0.25, 0.3) is 0 Å². The van der Waals surface area contributed by atoms with Crippen molar-refractivity contribution < 1.29 is 38.4 Å². The number of carbonyl (C=O) groups is 8. The summed E-state index contributed by atoms with van der Waals surface area (Å²) in [7, 11) is 3.33. The molecule has 2 fully saturated rings. The highest BCUT2D eigenvalue weighted by Gasteiger charge is 2.40. The van der Waals surface area contributed by atoms with Gasteiger partial charge in [0.25, 0.3) is 0 Å². The number of benzene rings is 2. The SMILES string of the molecule is CN[C@@H](C)C(=O)N[C@@H](CCCCNC(=O)CC(=O)NCCCC[C@H](NC(=O)[C@H](C)NC)C(=O)N1CCC[C@H]1C(=O)N[C@@H]1CCCc2ccccc21)C(=O)N1CCCC1C(=O)NC[C@@H]1CCCc2ccccc21. The molecule has 8 amide bonds. The van der Waals surface area contributed by atoms with Crippen LogP contribution in [0.5, 0.6) is 0 Å². The third-order valence-electron chi connectivity index (χ3n) is 15.1. The Hall–Kier alpha value is -5.88. The number of likely N-dealkylation sites (N-methyl/N-ethyl adjacent to an activating group) is 2. The van der Waals surface area contributed by atoms with Gasteiger partial charge in [-0.2, -0.15) is 0 Å². The Bertz CT molecular complexity index is 2210. The second-order valence-electron chi connectivity index (χ2n) is 20.1. The summed E-state index contributed by atoms with van der Waals surface area (Å²) in [5, 5.41) is 23.5. The van der Waals surface area contributed by atoms with Gasteiger partial charge in [-0.05, 0) is 153 Å². The Balaban J connectivity index is 0.912. The predicted octanol–water partition coefficient (Wildman–Crippen LogP) is 2.55. The molecule has 6 rings (SSSR count). The summed E-state index contributed by atoms with van der Waals surface area (Å²) >= 11 is 0. The second kappa shape index (κ2) is 27.8. The molecular weight excluding hydrogens is 917 g/mol. The summed E-state index contributed by atoms with van der Waals surface area (Å²) in [5.74, 6) is -2.32. The first-order valence-corrected chi connectivity index (χ1v) is 26.6. The van der Waals surface area contributed by atoms with Crippen LogP contribution in [0.2, 0.25) is 0 Å². The van der Waals surface area contributed by atoms with Crippen LogP contribution in [-0.2, 0) is 51.2 Å². The van der Waals surface area contributed by atoms with Crippen molar-refractivity contribution in [2.24, 2.45) is 0 Å². The summed E-state index contributed by atoms with van der Waals surface area (Å²) in [6.07, 6.45) is 10.5. The molecule has 0 saturated carbocycles. The first kappa shape index (κ1) is 55.4. The van der Waals surface area contributed by atoms with Crippen molar-refractivity contribution in [1.29, 1.82) is 0 Å². The van der Waals surface area contributed by atoms with Gasteiger partial charge in [-0.25, -0.2) is 0 Å². The Morgan fingerprint density at radius 3 is 1.60 bits per heavy atom. The smallest absolute Gasteiger partial charge is 0.245 e. The lowest BCUT2D eigenvalue weighted by molar-refractivity contribution is -0.142. The van der Waals surface area contributed by atoms with Gasteiger partial charge in [0.2, 0.25) is 47.3 Å². The van der Waals surface area contributed by atoms with E-state index >= 15 is 0 Å². The second-order valence-corrected chi connectivity index (χ2v) is 20.1. The molecule has 0 aromatic heterocycles. The number of aryl methyl sites for hydroxylation is 2. The number of hydrogen-bond donors (Lipinski definition) is 8. The van der Waals surface area contributed by atoms with Crippen LogP contribution in [-0.4, -0.2) is 140 Å². The van der Waals surface area contributed by atoms with E-state index in [0.29, 0.717) is 83.8 Å². The van der Waals surface area contributed by atoms with E-state index in [1.807, 2.05) is 24.3 Å². The van der Waals surface area contributed by atoms with Gasteiger partial charge in [-0.3, -0.25) is 38.4 Å². The van der Waals surface area contributed by atoms with Crippen molar-refractivity contribution in [1.82, 2.24) is 52.3 Å². The molecule has 2 aromatic rings. The maximum Gasteiger partial charge on any atom is 0.245 e. The Morgan fingerprint density at radius 1 is 0.569 bits per heavy atom. The molecule has 1 unspecified atom stereocenters. The number of amides is 8. The van der Waals surface area contributed by atoms with E-state index in [9.17, 15) is 38.4 Å². The number of fused-ring (bicyclic) bond motifs is 2. The highest BCUT2D eigenvalue weighted by Crippen LogP contribution is 2.32. The zero-order valence-electron chi connectivity index (χ0n) is 43.0. The number of unbranched alkanes of at least 4 members (excludes halogenated alkanes) is 2. The van der Waals surface area contributed by atoms with E-state index in [4.69, 9.17) is 0 Å². The molecular formula is C54H80N10O8. The van der Waals surface area contributed by atoms with Crippen molar-refractivity contribution in [3.05, 3.63) is 70.8 Å². The van der Waals surface area contributed by atoms with Gasteiger partial charge in [0.1, 0.15) is 30.6 Å². The standard InChI is InChI=1S/C54H80N10O8/c1-35(55-3)49(67)61-43(53(71)63-31-15-27-45(63)51(69)59-34-39-21-13-19-37-17-5-7-22-40(37)39)24-9-11-29-57-47(65)33-48(66)58-30-12-10-25-44(62-50(68)36(2)56-4)54(72)64-32-16-28-46(64)52(70)60-42-26-14-20-38-18-6-8-23-41(38)42/h5-8,17-18,22-23,35-36,39,42-46,55-56H,9-16,19-21,24-34H2,1-4H3,(H,57,65)(H,58,66)(H,59,69)(H,60,70)(H,61,67)(H,62,68)/t35-,36-,39-,42+,43-,44-,45?,46-/m0/s1. The molecule has 2 heterocycles. The molecule has 18 nitrogen and oxygen atoms in total. The molecule has 8 atom stereocenters. The molecule has 8 N–H and O–H groups in total. The molecule has 18 heteroatoms. The van der Waals surface area contributed by atoms with Crippen LogP contribution >= 0.6 is 0 Å². The number of carbonyl (C=O) groups excluding carboxylic acids is 8. The van der Waals surface area contributed by atoms with Crippen molar-refractivity contribution in [3.63, 3.8) is 0 Å². The fourth-order valence-electron chi connectivity index (χ4n) is 10.6. The first-order valence-electron chi connectivity index (χ1n) is 26.6. The van der Waals surface area contributed by atoms with Crippen molar-refractivity contribution in [2.75, 3.05) is 46.8 Å². The fraction of sp³-hybridized carbons (Fsp3) is 0.630. The van der Waals surface area contributed by atoms with Crippen LogP contribution < -0.4 is 42.5 Å². The van der Waals surface area contributed by atoms with Crippen molar-refractivity contribution in [3.8, 4) is 0 Å². The average molecular weight is 997 g/mol. The lowest BCUT2D eigenvalue weighted by atomic mass is 9.83. The number of nitrogens with zero attached hydrogens (tertiary/aromatic N) is 2.